The Morgan fingerprint density at radius 3 is 2.58 bits per heavy atom. The number of rotatable bonds is 3. The summed E-state index contributed by atoms with van der Waals surface area (Å²) in [5, 5.41) is 0.810. The van der Waals surface area contributed by atoms with Crippen LogP contribution in [0.4, 0.5) is 0 Å². The van der Waals surface area contributed by atoms with E-state index in [9.17, 15) is 0 Å². The number of hydrogen-bond donors (Lipinski definition) is 1. The molecule has 19 heavy (non-hydrogen) atoms. The third-order valence-corrected chi connectivity index (χ3v) is 4.61. The second kappa shape index (κ2) is 4.99. The van der Waals surface area contributed by atoms with Crippen molar-refractivity contribution in [3.8, 4) is 0 Å². The van der Waals surface area contributed by atoms with Crippen LogP contribution in [-0.4, -0.2) is 0 Å². The van der Waals surface area contributed by atoms with E-state index in [0.717, 1.165) is 10.6 Å². The van der Waals surface area contributed by atoms with Crippen molar-refractivity contribution in [1.29, 1.82) is 0 Å². The Bertz CT molecular complexity index is 579. The van der Waals surface area contributed by atoms with E-state index in [0.29, 0.717) is 11.8 Å². The van der Waals surface area contributed by atoms with Gasteiger partial charge in [0.05, 0.1) is 0 Å². The molecule has 0 aromatic heterocycles. The summed E-state index contributed by atoms with van der Waals surface area (Å²) in [6.07, 6.45) is 1.18. The van der Waals surface area contributed by atoms with Crippen LogP contribution in [-0.2, 0) is 0 Å². The zero-order valence-corrected chi connectivity index (χ0v) is 11.8. The Balaban J connectivity index is 1.80. The van der Waals surface area contributed by atoms with Crippen molar-refractivity contribution >= 4 is 11.6 Å². The summed E-state index contributed by atoms with van der Waals surface area (Å²) in [7, 11) is 0. The predicted octanol–water partition coefficient (Wildman–Crippen LogP) is 4.45. The Hall–Kier alpha value is -1.31. The summed E-state index contributed by atoms with van der Waals surface area (Å²) >= 11 is 6.18. The standard InChI is InChI=1S/C17H18ClN/c1-11-13(8-5-9-16(11)18)17(19)15-10-14(15)12-6-3-2-4-7-12/h2-9,14-15,17H,10,19H2,1H3. The van der Waals surface area contributed by atoms with E-state index in [1.807, 2.05) is 12.1 Å². The van der Waals surface area contributed by atoms with Gasteiger partial charge in [-0.1, -0.05) is 54.1 Å². The Morgan fingerprint density at radius 1 is 1.11 bits per heavy atom. The molecule has 1 fully saturated rings. The van der Waals surface area contributed by atoms with Crippen molar-refractivity contribution in [3.63, 3.8) is 0 Å². The van der Waals surface area contributed by atoms with Crippen LogP contribution < -0.4 is 5.73 Å². The summed E-state index contributed by atoms with van der Waals surface area (Å²) < 4.78 is 0. The Kier molecular flexibility index (Phi) is 3.34. The average Bonchev–Trinajstić information content (AvgIpc) is 3.22. The molecule has 1 nitrogen and oxygen atoms in total. The van der Waals surface area contributed by atoms with E-state index in [2.05, 4.69) is 43.3 Å². The Morgan fingerprint density at radius 2 is 1.84 bits per heavy atom. The molecule has 2 aromatic carbocycles. The summed E-state index contributed by atoms with van der Waals surface area (Å²) in [5.41, 5.74) is 10.2. The quantitative estimate of drug-likeness (QED) is 0.877. The molecule has 0 amide bonds. The molecule has 1 aliphatic carbocycles. The fourth-order valence-corrected chi connectivity index (χ4v) is 3.09. The molecular formula is C17H18ClN. The third-order valence-electron chi connectivity index (χ3n) is 4.20. The number of benzene rings is 2. The van der Waals surface area contributed by atoms with Gasteiger partial charge in [0.2, 0.25) is 0 Å². The van der Waals surface area contributed by atoms with Crippen LogP contribution in [0.3, 0.4) is 0 Å². The van der Waals surface area contributed by atoms with Crippen molar-refractivity contribution < 1.29 is 0 Å². The van der Waals surface area contributed by atoms with Crippen LogP contribution >= 0.6 is 11.6 Å². The highest BCUT2D eigenvalue weighted by Gasteiger charge is 2.43. The summed E-state index contributed by atoms with van der Waals surface area (Å²) in [6.45, 7) is 2.05. The largest absolute Gasteiger partial charge is 0.324 e. The molecule has 2 N–H and O–H groups in total. The first kappa shape index (κ1) is 12.7. The van der Waals surface area contributed by atoms with Crippen LogP contribution in [0.15, 0.2) is 48.5 Å². The molecule has 2 heteroatoms. The zero-order valence-electron chi connectivity index (χ0n) is 11.0. The maximum absolute atomic E-state index is 6.44. The first-order chi connectivity index (χ1) is 9.18. The molecule has 3 atom stereocenters. The molecule has 0 saturated heterocycles. The number of nitrogens with two attached hydrogens (primary N) is 1. The molecule has 0 heterocycles. The molecule has 2 aromatic rings. The van der Waals surface area contributed by atoms with Gasteiger partial charge in [-0.15, -0.1) is 0 Å². The Labute approximate surface area is 119 Å². The summed E-state index contributed by atoms with van der Waals surface area (Å²) in [4.78, 5) is 0. The highest BCUT2D eigenvalue weighted by Crippen LogP contribution is 2.53. The number of halogens is 1. The average molecular weight is 272 g/mol. The first-order valence-corrected chi connectivity index (χ1v) is 7.12. The van der Waals surface area contributed by atoms with Gasteiger partial charge in [-0.05, 0) is 47.9 Å². The molecule has 0 bridgehead atoms. The smallest absolute Gasteiger partial charge is 0.0438 e. The topological polar surface area (TPSA) is 26.0 Å². The van der Waals surface area contributed by atoms with Gasteiger partial charge in [-0.2, -0.15) is 0 Å². The third kappa shape index (κ3) is 2.41. The normalized spacial score (nSPS) is 23.1. The van der Waals surface area contributed by atoms with E-state index in [1.54, 1.807) is 0 Å². The molecule has 3 unspecified atom stereocenters. The van der Waals surface area contributed by atoms with Crippen LogP contribution in [0, 0.1) is 12.8 Å². The fourth-order valence-electron chi connectivity index (χ4n) is 2.91. The van der Waals surface area contributed by atoms with Crippen LogP contribution in [0.2, 0.25) is 5.02 Å². The second-order valence-corrected chi connectivity index (χ2v) is 5.80. The van der Waals surface area contributed by atoms with E-state index in [-0.39, 0.29) is 6.04 Å². The lowest BCUT2D eigenvalue weighted by atomic mass is 9.96. The second-order valence-electron chi connectivity index (χ2n) is 5.40. The minimum absolute atomic E-state index is 0.0870. The van der Waals surface area contributed by atoms with Crippen molar-refractivity contribution in [2.24, 2.45) is 11.7 Å². The molecule has 1 saturated carbocycles. The molecule has 3 rings (SSSR count). The molecule has 0 aliphatic heterocycles. The van der Waals surface area contributed by atoms with Gasteiger partial charge < -0.3 is 5.73 Å². The lowest BCUT2D eigenvalue weighted by Crippen LogP contribution is -2.15. The summed E-state index contributed by atoms with van der Waals surface area (Å²) in [5.74, 6) is 1.15. The van der Waals surface area contributed by atoms with Crippen LogP contribution in [0.1, 0.15) is 35.1 Å². The first-order valence-electron chi connectivity index (χ1n) is 6.74. The SMILES string of the molecule is Cc1c(Cl)cccc1C(N)C1CC1c1ccccc1. The van der Waals surface area contributed by atoms with Gasteiger partial charge in [0.25, 0.3) is 0 Å². The van der Waals surface area contributed by atoms with E-state index in [1.165, 1.54) is 17.5 Å². The van der Waals surface area contributed by atoms with E-state index >= 15 is 0 Å². The minimum Gasteiger partial charge on any atom is -0.324 e. The van der Waals surface area contributed by atoms with Gasteiger partial charge >= 0.3 is 0 Å². The molecule has 1 aliphatic rings. The monoisotopic (exact) mass is 271 g/mol. The van der Waals surface area contributed by atoms with Crippen LogP contribution in [0.5, 0.6) is 0 Å². The van der Waals surface area contributed by atoms with Gasteiger partial charge in [-0.3, -0.25) is 0 Å². The predicted molar refractivity (Wildman–Crippen MR) is 80.4 cm³/mol. The lowest BCUT2D eigenvalue weighted by Gasteiger charge is -2.15. The van der Waals surface area contributed by atoms with Crippen molar-refractivity contribution in [3.05, 3.63) is 70.2 Å². The summed E-state index contributed by atoms with van der Waals surface area (Å²) in [6, 6.07) is 16.8. The molecular weight excluding hydrogens is 254 g/mol. The van der Waals surface area contributed by atoms with Gasteiger partial charge in [0, 0.05) is 11.1 Å². The molecule has 0 radical (unpaired) electrons. The van der Waals surface area contributed by atoms with Gasteiger partial charge in [0.1, 0.15) is 0 Å². The maximum atomic E-state index is 6.44. The van der Waals surface area contributed by atoms with Crippen molar-refractivity contribution in [2.75, 3.05) is 0 Å². The fraction of sp³-hybridized carbons (Fsp3) is 0.294. The van der Waals surface area contributed by atoms with E-state index < -0.39 is 0 Å². The van der Waals surface area contributed by atoms with Crippen LogP contribution in [0.25, 0.3) is 0 Å². The molecule has 98 valence electrons. The number of hydrogen-bond acceptors (Lipinski definition) is 1. The van der Waals surface area contributed by atoms with Crippen molar-refractivity contribution in [1.82, 2.24) is 0 Å². The highest BCUT2D eigenvalue weighted by atomic mass is 35.5. The maximum Gasteiger partial charge on any atom is 0.0438 e. The highest BCUT2D eigenvalue weighted by molar-refractivity contribution is 6.31. The lowest BCUT2D eigenvalue weighted by molar-refractivity contribution is 0.612. The zero-order chi connectivity index (χ0) is 13.4. The minimum atomic E-state index is 0.0870. The van der Waals surface area contributed by atoms with Gasteiger partial charge in [0.15, 0.2) is 0 Å². The molecule has 0 spiro atoms. The van der Waals surface area contributed by atoms with Crippen molar-refractivity contribution in [2.45, 2.75) is 25.3 Å². The van der Waals surface area contributed by atoms with Gasteiger partial charge in [-0.25, -0.2) is 0 Å². The van der Waals surface area contributed by atoms with E-state index in [4.69, 9.17) is 17.3 Å².